The topological polar surface area (TPSA) is 49.8 Å². The number of rotatable bonds is 7. The molecule has 0 spiro atoms. The fourth-order valence-corrected chi connectivity index (χ4v) is 2.11. The van der Waals surface area contributed by atoms with E-state index in [-0.39, 0.29) is 0 Å². The summed E-state index contributed by atoms with van der Waals surface area (Å²) < 4.78 is 0. The third-order valence-corrected chi connectivity index (χ3v) is 2.97. The number of anilines is 2. The first kappa shape index (κ1) is 13.1. The van der Waals surface area contributed by atoms with Gasteiger partial charge in [-0.25, -0.2) is 9.97 Å². The van der Waals surface area contributed by atoms with Crippen molar-refractivity contribution in [3.05, 3.63) is 12.4 Å². The van der Waals surface area contributed by atoms with Gasteiger partial charge in [0.25, 0.3) is 0 Å². The highest BCUT2D eigenvalue weighted by Gasteiger charge is 2.06. The second-order valence-corrected chi connectivity index (χ2v) is 4.43. The van der Waals surface area contributed by atoms with Crippen molar-refractivity contribution in [1.29, 1.82) is 0 Å². The van der Waals surface area contributed by atoms with Crippen molar-refractivity contribution < 1.29 is 0 Å². The zero-order valence-electron chi connectivity index (χ0n) is 10.2. The Morgan fingerprint density at radius 2 is 2.06 bits per heavy atom. The molecule has 0 bridgehead atoms. The van der Waals surface area contributed by atoms with E-state index in [1.807, 2.05) is 17.8 Å². The predicted molar refractivity (Wildman–Crippen MR) is 72.3 cm³/mol. The van der Waals surface area contributed by atoms with Crippen LogP contribution in [0.15, 0.2) is 12.4 Å². The molecule has 4 nitrogen and oxygen atoms in total. The Morgan fingerprint density at radius 3 is 2.69 bits per heavy atom. The quantitative estimate of drug-likeness (QED) is 0.766. The molecular formula is C11H20N4S. The lowest BCUT2D eigenvalue weighted by Gasteiger charge is -2.16. The van der Waals surface area contributed by atoms with E-state index in [0.717, 1.165) is 30.4 Å². The number of hydrogen-bond donors (Lipinski definition) is 2. The van der Waals surface area contributed by atoms with E-state index in [9.17, 15) is 0 Å². The monoisotopic (exact) mass is 240 g/mol. The highest BCUT2D eigenvalue weighted by Crippen LogP contribution is 2.12. The van der Waals surface area contributed by atoms with Crippen molar-refractivity contribution >= 4 is 23.4 Å². The van der Waals surface area contributed by atoms with Crippen molar-refractivity contribution in [3.8, 4) is 0 Å². The van der Waals surface area contributed by atoms with Crippen LogP contribution in [0.4, 0.5) is 11.6 Å². The Morgan fingerprint density at radius 1 is 1.31 bits per heavy atom. The fourth-order valence-electron chi connectivity index (χ4n) is 1.39. The molecule has 0 aliphatic heterocycles. The summed E-state index contributed by atoms with van der Waals surface area (Å²) in [4.78, 5) is 8.36. The molecule has 1 aromatic heterocycles. The Kier molecular flexibility index (Phi) is 6.00. The summed E-state index contributed by atoms with van der Waals surface area (Å²) in [6, 6.07) is 2.42. The third kappa shape index (κ3) is 4.26. The lowest BCUT2D eigenvalue weighted by Crippen LogP contribution is -2.21. The Balaban J connectivity index is 2.60. The highest BCUT2D eigenvalue weighted by atomic mass is 32.2. The lowest BCUT2D eigenvalue weighted by atomic mass is 10.2. The first-order chi connectivity index (χ1) is 7.80. The zero-order chi connectivity index (χ0) is 11.8. The zero-order valence-corrected chi connectivity index (χ0v) is 11.0. The number of hydrogen-bond acceptors (Lipinski definition) is 5. The second-order valence-electron chi connectivity index (χ2n) is 3.52. The Bertz CT molecular complexity index is 306. The Labute approximate surface area is 102 Å². The molecule has 5 heteroatoms. The molecule has 16 heavy (non-hydrogen) atoms. The van der Waals surface area contributed by atoms with Gasteiger partial charge in [-0.05, 0) is 19.6 Å². The molecule has 90 valence electrons. The minimum Gasteiger partial charge on any atom is -0.370 e. The highest BCUT2D eigenvalue weighted by molar-refractivity contribution is 7.98. The summed E-state index contributed by atoms with van der Waals surface area (Å²) in [5.41, 5.74) is 0. The molecule has 1 aromatic rings. The SMILES string of the molecule is CCNc1cc(NC(CC)CSC)ncn1. The van der Waals surface area contributed by atoms with Gasteiger partial charge in [0.15, 0.2) is 0 Å². The maximum atomic E-state index is 4.22. The van der Waals surface area contributed by atoms with E-state index in [4.69, 9.17) is 0 Å². The third-order valence-electron chi connectivity index (χ3n) is 2.24. The predicted octanol–water partition coefficient (Wildman–Crippen LogP) is 2.46. The van der Waals surface area contributed by atoms with Gasteiger partial charge in [0.1, 0.15) is 18.0 Å². The van der Waals surface area contributed by atoms with Gasteiger partial charge in [-0.15, -0.1) is 0 Å². The van der Waals surface area contributed by atoms with E-state index in [2.05, 4.69) is 40.7 Å². The van der Waals surface area contributed by atoms with Gasteiger partial charge in [-0.3, -0.25) is 0 Å². The molecule has 0 saturated carbocycles. The molecule has 0 aliphatic rings. The van der Waals surface area contributed by atoms with Crippen LogP contribution < -0.4 is 10.6 Å². The van der Waals surface area contributed by atoms with Crippen molar-refractivity contribution in [2.45, 2.75) is 26.3 Å². The summed E-state index contributed by atoms with van der Waals surface area (Å²) in [6.45, 7) is 5.11. The Hall–Kier alpha value is -0.970. The van der Waals surface area contributed by atoms with E-state index in [0.29, 0.717) is 6.04 Å². The van der Waals surface area contributed by atoms with Crippen LogP contribution in [0, 0.1) is 0 Å². The van der Waals surface area contributed by atoms with E-state index < -0.39 is 0 Å². The number of thioether (sulfide) groups is 1. The van der Waals surface area contributed by atoms with Crippen molar-refractivity contribution in [2.24, 2.45) is 0 Å². The van der Waals surface area contributed by atoms with Crippen LogP contribution in [0.2, 0.25) is 0 Å². The molecule has 0 saturated heterocycles. The number of aromatic nitrogens is 2. The van der Waals surface area contributed by atoms with Gasteiger partial charge in [0.2, 0.25) is 0 Å². The second kappa shape index (κ2) is 7.33. The molecule has 1 rings (SSSR count). The number of nitrogens with one attached hydrogen (secondary N) is 2. The van der Waals surface area contributed by atoms with Crippen LogP contribution in [0.3, 0.4) is 0 Å². The molecule has 0 radical (unpaired) electrons. The molecule has 0 amide bonds. The van der Waals surface area contributed by atoms with Crippen molar-refractivity contribution in [1.82, 2.24) is 9.97 Å². The summed E-state index contributed by atoms with van der Waals surface area (Å²) in [5.74, 6) is 2.86. The van der Waals surface area contributed by atoms with E-state index in [1.54, 1.807) is 6.33 Å². The standard InChI is InChI=1S/C11H20N4S/c1-4-9(7-16-3)15-11-6-10(12-5-2)13-8-14-11/h6,8-9H,4-5,7H2,1-3H3,(H2,12,13,14,15). The summed E-state index contributed by atoms with van der Waals surface area (Å²) >= 11 is 1.85. The molecule has 2 N–H and O–H groups in total. The summed E-state index contributed by atoms with van der Waals surface area (Å²) in [7, 11) is 0. The first-order valence-corrected chi connectivity index (χ1v) is 7.00. The van der Waals surface area contributed by atoms with Gasteiger partial charge in [-0.1, -0.05) is 6.92 Å². The average Bonchev–Trinajstić information content (AvgIpc) is 2.29. The molecular weight excluding hydrogens is 220 g/mol. The summed E-state index contributed by atoms with van der Waals surface area (Å²) in [5, 5.41) is 6.59. The van der Waals surface area contributed by atoms with Crippen LogP contribution in [0.1, 0.15) is 20.3 Å². The molecule has 1 atom stereocenters. The summed E-state index contributed by atoms with van der Waals surface area (Å²) in [6.07, 6.45) is 4.81. The minimum atomic E-state index is 0.472. The molecule has 0 fully saturated rings. The van der Waals surface area contributed by atoms with Gasteiger partial charge >= 0.3 is 0 Å². The lowest BCUT2D eigenvalue weighted by molar-refractivity contribution is 0.769. The molecule has 1 unspecified atom stereocenters. The van der Waals surface area contributed by atoms with Crippen LogP contribution in [0.25, 0.3) is 0 Å². The normalized spacial score (nSPS) is 12.2. The molecule has 1 heterocycles. The van der Waals surface area contributed by atoms with E-state index >= 15 is 0 Å². The minimum absolute atomic E-state index is 0.472. The fraction of sp³-hybridized carbons (Fsp3) is 0.636. The smallest absolute Gasteiger partial charge is 0.131 e. The van der Waals surface area contributed by atoms with Gasteiger partial charge < -0.3 is 10.6 Å². The van der Waals surface area contributed by atoms with E-state index in [1.165, 1.54) is 0 Å². The number of nitrogens with zero attached hydrogens (tertiary/aromatic N) is 2. The van der Waals surface area contributed by atoms with Crippen LogP contribution in [-0.2, 0) is 0 Å². The van der Waals surface area contributed by atoms with Crippen LogP contribution in [0.5, 0.6) is 0 Å². The van der Waals surface area contributed by atoms with Crippen molar-refractivity contribution in [2.75, 3.05) is 29.2 Å². The first-order valence-electron chi connectivity index (χ1n) is 5.61. The maximum Gasteiger partial charge on any atom is 0.131 e. The average molecular weight is 240 g/mol. The van der Waals surface area contributed by atoms with Crippen molar-refractivity contribution in [3.63, 3.8) is 0 Å². The van der Waals surface area contributed by atoms with Crippen LogP contribution in [-0.4, -0.2) is 34.6 Å². The molecule has 0 aromatic carbocycles. The maximum absolute atomic E-state index is 4.22. The van der Waals surface area contributed by atoms with Gasteiger partial charge in [0, 0.05) is 24.4 Å². The van der Waals surface area contributed by atoms with Gasteiger partial charge in [-0.2, -0.15) is 11.8 Å². The van der Waals surface area contributed by atoms with Crippen LogP contribution >= 0.6 is 11.8 Å². The van der Waals surface area contributed by atoms with Gasteiger partial charge in [0.05, 0.1) is 0 Å². The molecule has 0 aliphatic carbocycles. The largest absolute Gasteiger partial charge is 0.370 e.